The van der Waals surface area contributed by atoms with Gasteiger partial charge in [-0.1, -0.05) is 7.43 Å². The number of allylic oxidation sites excluding steroid dienone is 2. The van der Waals surface area contributed by atoms with E-state index >= 15 is 0 Å². The number of aromatic nitrogens is 1. The first-order valence-electron chi connectivity index (χ1n) is 8.13. The Labute approximate surface area is 157 Å². The molecule has 2 heterocycles. The van der Waals surface area contributed by atoms with E-state index in [0.717, 1.165) is 35.2 Å². The zero-order valence-electron chi connectivity index (χ0n) is 14.4. The van der Waals surface area contributed by atoms with Gasteiger partial charge in [-0.3, -0.25) is 9.19 Å². The van der Waals surface area contributed by atoms with Crippen LogP contribution in [0.2, 0.25) is 0 Å². The fourth-order valence-electron chi connectivity index (χ4n) is 2.53. The Morgan fingerprint density at radius 1 is 1.42 bits per heavy atom. The van der Waals surface area contributed by atoms with Crippen LogP contribution in [0.15, 0.2) is 36.2 Å². The highest BCUT2D eigenvalue weighted by Crippen LogP contribution is 2.21. The van der Waals surface area contributed by atoms with E-state index < -0.39 is 10.8 Å². The van der Waals surface area contributed by atoms with Crippen molar-refractivity contribution in [3.05, 3.63) is 59.9 Å². The maximum atomic E-state index is 12.7. The van der Waals surface area contributed by atoms with Gasteiger partial charge in [0.1, 0.15) is 5.75 Å². The second-order valence-corrected chi connectivity index (χ2v) is 7.08. The molecule has 1 atom stereocenters. The van der Waals surface area contributed by atoms with Gasteiger partial charge in [0.25, 0.3) is 5.17 Å². The summed E-state index contributed by atoms with van der Waals surface area (Å²) in [6.45, 7) is 3.19. The lowest BCUT2D eigenvalue weighted by Crippen LogP contribution is -2.72. The molecule has 2 aliphatic rings. The third-order valence-corrected chi connectivity index (χ3v) is 5.12. The standard InChI is InChI=1S/C18H22N3O3S.CH4/c1-13-16(19-9-8-17(13)24-11-5-10-23-2)12-25(22)18-20-14-6-3-4-7-15(14)21-18;/h3-4,6-9,20-21H,5,10-12H2,1-2H3;1H4/q-1;. The van der Waals surface area contributed by atoms with Crippen molar-refractivity contribution < 1.29 is 18.7 Å². The summed E-state index contributed by atoms with van der Waals surface area (Å²) in [5.74, 6) is 1.10. The molecule has 26 heavy (non-hydrogen) atoms. The van der Waals surface area contributed by atoms with Gasteiger partial charge >= 0.3 is 0 Å². The summed E-state index contributed by atoms with van der Waals surface area (Å²) in [6, 6.07) is 2.77. The summed E-state index contributed by atoms with van der Waals surface area (Å²) in [7, 11) is 0.429. The molecule has 1 aliphatic carbocycles. The molecule has 7 heteroatoms. The van der Waals surface area contributed by atoms with E-state index in [2.05, 4.69) is 15.3 Å². The Bertz CT molecular complexity index is 744. The average Bonchev–Trinajstić information content (AvgIpc) is 3.06. The average molecular weight is 377 g/mol. The normalized spacial score (nSPS) is 15.8. The van der Waals surface area contributed by atoms with E-state index in [0.29, 0.717) is 24.1 Å². The molecule has 3 rings (SSSR count). The molecule has 0 fully saturated rings. The summed E-state index contributed by atoms with van der Waals surface area (Å²) < 4.78 is 23.5. The molecule has 0 saturated heterocycles. The van der Waals surface area contributed by atoms with Crippen LogP contribution in [0.5, 0.6) is 5.75 Å². The van der Waals surface area contributed by atoms with Crippen molar-refractivity contribution in [2.24, 2.45) is 0 Å². The van der Waals surface area contributed by atoms with Crippen LogP contribution in [0, 0.1) is 19.4 Å². The Balaban J connectivity index is 0.00000243. The molecule has 0 bridgehead atoms. The van der Waals surface area contributed by atoms with Crippen LogP contribution in [0.25, 0.3) is 0 Å². The van der Waals surface area contributed by atoms with Gasteiger partial charge in [-0.05, 0) is 24.7 Å². The number of rotatable bonds is 7. The molecule has 0 spiro atoms. The molecule has 6 nitrogen and oxygen atoms in total. The van der Waals surface area contributed by atoms with Gasteiger partial charge in [0.05, 0.1) is 28.9 Å². The second kappa shape index (κ2) is 9.45. The monoisotopic (exact) mass is 376 g/mol. The van der Waals surface area contributed by atoms with E-state index in [4.69, 9.17) is 9.47 Å². The zero-order chi connectivity index (χ0) is 17.6. The van der Waals surface area contributed by atoms with Crippen LogP contribution >= 0.6 is 0 Å². The summed E-state index contributed by atoms with van der Waals surface area (Å²) in [5, 5.41) is 3.76. The minimum atomic E-state index is -1.24. The molecule has 0 amide bonds. The van der Waals surface area contributed by atoms with Crippen LogP contribution in [0.3, 0.4) is 0 Å². The first kappa shape index (κ1) is 20.1. The minimum absolute atomic E-state index is 0. The zero-order valence-corrected chi connectivity index (χ0v) is 15.2. The van der Waals surface area contributed by atoms with Gasteiger partial charge in [0, 0.05) is 31.9 Å². The fourth-order valence-corrected chi connectivity index (χ4v) is 3.66. The van der Waals surface area contributed by atoms with Crippen molar-refractivity contribution in [2.75, 3.05) is 20.3 Å². The topological polar surface area (TPSA) is 74.4 Å². The molecular weight excluding hydrogens is 350 g/mol. The first-order chi connectivity index (χ1) is 12.2. The lowest BCUT2D eigenvalue weighted by Gasteiger charge is -2.19. The highest BCUT2D eigenvalue weighted by molar-refractivity contribution is 7.99. The Morgan fingerprint density at radius 3 is 3.04 bits per heavy atom. The Hall–Kier alpha value is -2.25. The van der Waals surface area contributed by atoms with Crippen LogP contribution in [0.4, 0.5) is 0 Å². The SMILES string of the molecule is C.COCCCOc1ccnc(CS(=O)C2=[NH+][C-]3C=C[CH-]C=C3N2)c1C. The molecule has 142 valence electrons. The lowest BCUT2D eigenvalue weighted by atomic mass is 10.1. The molecule has 1 aromatic rings. The van der Waals surface area contributed by atoms with Crippen molar-refractivity contribution in [1.29, 1.82) is 0 Å². The Kier molecular flexibility index (Phi) is 7.29. The summed E-state index contributed by atoms with van der Waals surface area (Å²) in [5.41, 5.74) is 2.63. The number of hydrogen-bond acceptors (Lipinski definition) is 5. The third-order valence-electron chi connectivity index (χ3n) is 3.93. The smallest absolute Gasteiger partial charge is 0.260 e. The molecule has 1 unspecified atom stereocenters. The van der Waals surface area contributed by atoms with Gasteiger partial charge in [-0.25, -0.2) is 24.6 Å². The maximum absolute atomic E-state index is 12.7. The van der Waals surface area contributed by atoms with Crippen LogP contribution in [-0.4, -0.2) is 34.7 Å². The number of nitrogens with zero attached hydrogens (tertiary/aromatic N) is 1. The Morgan fingerprint density at radius 2 is 2.27 bits per heavy atom. The fraction of sp³-hybridized carbons (Fsp3) is 0.368. The molecular formula is C19H26N3O3S-. The van der Waals surface area contributed by atoms with Crippen molar-refractivity contribution in [1.82, 2.24) is 10.3 Å². The van der Waals surface area contributed by atoms with E-state index in [1.54, 1.807) is 13.3 Å². The number of pyridine rings is 1. The van der Waals surface area contributed by atoms with Crippen molar-refractivity contribution in [3.8, 4) is 5.75 Å². The van der Waals surface area contributed by atoms with E-state index in [1.807, 2.05) is 37.6 Å². The summed E-state index contributed by atoms with van der Waals surface area (Å²) in [6.07, 6.45) is 10.3. The van der Waals surface area contributed by atoms with Crippen LogP contribution in [0.1, 0.15) is 25.1 Å². The maximum Gasteiger partial charge on any atom is 0.260 e. The van der Waals surface area contributed by atoms with Gasteiger partial charge in [0.15, 0.2) is 0 Å². The molecule has 0 saturated carbocycles. The number of methoxy groups -OCH3 is 1. The number of fused-ring (bicyclic) bond motifs is 1. The highest BCUT2D eigenvalue weighted by Gasteiger charge is 2.22. The molecule has 0 aromatic carbocycles. The van der Waals surface area contributed by atoms with Gasteiger partial charge < -0.3 is 19.8 Å². The number of hydrogen-bond donors (Lipinski definition) is 2. The van der Waals surface area contributed by atoms with Crippen molar-refractivity contribution in [3.63, 3.8) is 0 Å². The molecule has 1 aromatic heterocycles. The highest BCUT2D eigenvalue weighted by atomic mass is 32.2. The lowest BCUT2D eigenvalue weighted by molar-refractivity contribution is -0.415. The molecule has 1 aliphatic heterocycles. The number of ether oxygens (including phenoxy) is 2. The van der Waals surface area contributed by atoms with E-state index in [9.17, 15) is 4.21 Å². The van der Waals surface area contributed by atoms with Crippen LogP contribution in [-0.2, 0) is 21.3 Å². The summed E-state index contributed by atoms with van der Waals surface area (Å²) in [4.78, 5) is 7.55. The largest absolute Gasteiger partial charge is 0.493 e. The molecule has 2 N–H and O–H groups in total. The summed E-state index contributed by atoms with van der Waals surface area (Å²) >= 11 is 0. The molecule has 0 radical (unpaired) electrons. The second-order valence-electron chi connectivity index (χ2n) is 5.69. The van der Waals surface area contributed by atoms with Gasteiger partial charge in [-0.15, -0.1) is 0 Å². The predicted octanol–water partition coefficient (Wildman–Crippen LogP) is 0.920. The van der Waals surface area contributed by atoms with Gasteiger partial charge in [0.2, 0.25) is 0 Å². The number of nitrogens with one attached hydrogen (secondary N) is 2. The predicted molar refractivity (Wildman–Crippen MR) is 103 cm³/mol. The number of amidine groups is 1. The minimum Gasteiger partial charge on any atom is -0.493 e. The van der Waals surface area contributed by atoms with Crippen molar-refractivity contribution in [2.45, 2.75) is 26.5 Å². The van der Waals surface area contributed by atoms with E-state index in [-0.39, 0.29) is 7.43 Å². The third kappa shape index (κ3) is 4.68. The first-order valence-corrected chi connectivity index (χ1v) is 9.45. The van der Waals surface area contributed by atoms with Gasteiger partial charge in [-0.2, -0.15) is 0 Å². The van der Waals surface area contributed by atoms with E-state index in [1.165, 1.54) is 0 Å². The quantitative estimate of drug-likeness (QED) is 0.547. The van der Waals surface area contributed by atoms with Crippen LogP contribution < -0.4 is 15.0 Å². The van der Waals surface area contributed by atoms with Crippen molar-refractivity contribution >= 4 is 16.0 Å².